The van der Waals surface area contributed by atoms with Gasteiger partial charge in [-0.15, -0.1) is 13.2 Å². The Hall–Kier alpha value is -2.38. The fourth-order valence-corrected chi connectivity index (χ4v) is 2.65. The minimum Gasteiger partial charge on any atom is -0.445 e. The highest BCUT2D eigenvalue weighted by Gasteiger charge is 2.33. The van der Waals surface area contributed by atoms with Crippen LogP contribution in [0.25, 0.3) is 0 Å². The Bertz CT molecular complexity index is 613. The summed E-state index contributed by atoms with van der Waals surface area (Å²) in [6.07, 6.45) is -3.21. The van der Waals surface area contributed by atoms with Crippen LogP contribution in [0.3, 0.4) is 0 Å². The number of fused-ring (bicyclic) bond motifs is 1. The van der Waals surface area contributed by atoms with Crippen LogP contribution in [0.15, 0.2) is 36.0 Å². The van der Waals surface area contributed by atoms with Gasteiger partial charge in [0.25, 0.3) is 0 Å². The van der Waals surface area contributed by atoms with Gasteiger partial charge in [-0.05, 0) is 29.5 Å². The minimum atomic E-state index is -4.72. The molecule has 23 heavy (non-hydrogen) atoms. The first kappa shape index (κ1) is 15.5. The highest BCUT2D eigenvalue weighted by Crippen LogP contribution is 2.26. The molecule has 0 radical (unpaired) electrons. The lowest BCUT2D eigenvalue weighted by Gasteiger charge is -2.16. The Morgan fingerprint density at radius 2 is 2.04 bits per heavy atom. The molecule has 1 fully saturated rings. The van der Waals surface area contributed by atoms with E-state index in [4.69, 9.17) is 4.74 Å². The summed E-state index contributed by atoms with van der Waals surface area (Å²) in [4.78, 5) is 13.6. The van der Waals surface area contributed by atoms with Crippen molar-refractivity contribution < 1.29 is 27.4 Å². The largest absolute Gasteiger partial charge is 0.573 e. The molecule has 0 bridgehead atoms. The number of halogens is 3. The zero-order valence-electron chi connectivity index (χ0n) is 12.1. The van der Waals surface area contributed by atoms with Crippen molar-refractivity contribution in [2.24, 2.45) is 5.92 Å². The summed E-state index contributed by atoms with van der Waals surface area (Å²) >= 11 is 0. The molecular weight excluding hydrogens is 313 g/mol. The number of nitrogens with zero attached hydrogens (tertiary/aromatic N) is 1. The van der Waals surface area contributed by atoms with Crippen LogP contribution in [-0.4, -0.2) is 37.0 Å². The monoisotopic (exact) mass is 328 g/mol. The van der Waals surface area contributed by atoms with E-state index in [0.717, 1.165) is 6.54 Å². The number of likely N-dealkylation sites (tertiary alicyclic amines) is 1. The van der Waals surface area contributed by atoms with Gasteiger partial charge in [-0.2, -0.15) is 0 Å². The van der Waals surface area contributed by atoms with E-state index < -0.39 is 12.5 Å². The smallest absolute Gasteiger partial charge is 0.445 e. The average Bonchev–Trinajstić information content (AvgIpc) is 3.05. The van der Waals surface area contributed by atoms with Crippen LogP contribution in [0.4, 0.5) is 18.0 Å². The summed E-state index contributed by atoms with van der Waals surface area (Å²) in [7, 11) is 0. The lowest BCUT2D eigenvalue weighted by molar-refractivity contribution is -0.274. The zero-order chi connectivity index (χ0) is 16.4. The van der Waals surface area contributed by atoms with Crippen molar-refractivity contribution in [2.45, 2.75) is 13.0 Å². The van der Waals surface area contributed by atoms with E-state index in [1.807, 2.05) is 6.20 Å². The molecule has 1 N–H and O–H groups in total. The molecule has 124 valence electrons. The number of alkyl halides is 3. The molecule has 2 aliphatic heterocycles. The number of nitrogens with one attached hydrogen (secondary N) is 1. The SMILES string of the molecule is O=C(OCc1ccc(OC(F)(F)F)cc1)N1CC2=CNCC2C1. The third-order valence-corrected chi connectivity index (χ3v) is 3.77. The third kappa shape index (κ3) is 3.88. The normalized spacial score (nSPS) is 19.9. The molecule has 1 amide bonds. The number of carbonyl (C=O) groups excluding carboxylic acids is 1. The lowest BCUT2D eigenvalue weighted by Crippen LogP contribution is -2.30. The van der Waals surface area contributed by atoms with Gasteiger partial charge >= 0.3 is 12.5 Å². The second-order valence-corrected chi connectivity index (χ2v) is 5.45. The van der Waals surface area contributed by atoms with Crippen LogP contribution >= 0.6 is 0 Å². The molecule has 2 aliphatic rings. The first-order chi connectivity index (χ1) is 10.9. The van der Waals surface area contributed by atoms with E-state index in [1.165, 1.54) is 29.8 Å². The predicted molar refractivity (Wildman–Crippen MR) is 74.5 cm³/mol. The Labute approximate surface area is 130 Å². The van der Waals surface area contributed by atoms with E-state index in [9.17, 15) is 18.0 Å². The molecule has 5 nitrogen and oxygen atoms in total. The predicted octanol–water partition coefficient (Wildman–Crippen LogP) is 2.64. The maximum absolute atomic E-state index is 12.1. The lowest BCUT2D eigenvalue weighted by atomic mass is 10.1. The van der Waals surface area contributed by atoms with Crippen LogP contribution in [0.5, 0.6) is 5.75 Å². The van der Waals surface area contributed by atoms with Gasteiger partial charge in [-0.1, -0.05) is 12.1 Å². The Morgan fingerprint density at radius 3 is 2.70 bits per heavy atom. The maximum Gasteiger partial charge on any atom is 0.573 e. The Balaban J connectivity index is 1.49. The van der Waals surface area contributed by atoms with Crippen LogP contribution in [0, 0.1) is 5.92 Å². The van der Waals surface area contributed by atoms with Gasteiger partial charge in [0.05, 0.1) is 0 Å². The molecule has 1 saturated heterocycles. The zero-order valence-corrected chi connectivity index (χ0v) is 12.1. The van der Waals surface area contributed by atoms with Crippen LogP contribution in [0.1, 0.15) is 5.56 Å². The van der Waals surface area contributed by atoms with Crippen LogP contribution < -0.4 is 10.1 Å². The molecule has 1 atom stereocenters. The molecule has 8 heteroatoms. The number of ether oxygens (including phenoxy) is 2. The number of rotatable bonds is 3. The molecule has 1 aromatic rings. The summed E-state index contributed by atoms with van der Waals surface area (Å²) in [5, 5.41) is 3.13. The molecular formula is C15H15F3N2O3. The van der Waals surface area contributed by atoms with E-state index in [0.29, 0.717) is 24.6 Å². The summed E-state index contributed by atoms with van der Waals surface area (Å²) in [6.45, 7) is 2.01. The van der Waals surface area contributed by atoms with Gasteiger partial charge < -0.3 is 19.7 Å². The van der Waals surface area contributed by atoms with Crippen LogP contribution in [-0.2, 0) is 11.3 Å². The van der Waals surface area contributed by atoms with Crippen molar-refractivity contribution in [1.29, 1.82) is 0 Å². The van der Waals surface area contributed by atoms with Gasteiger partial charge in [0, 0.05) is 25.6 Å². The average molecular weight is 328 g/mol. The van der Waals surface area contributed by atoms with Gasteiger partial charge in [-0.25, -0.2) is 4.79 Å². The molecule has 2 heterocycles. The molecule has 0 saturated carbocycles. The summed E-state index contributed by atoms with van der Waals surface area (Å²) in [5.74, 6) is 0.0423. The number of amides is 1. The quantitative estimate of drug-likeness (QED) is 0.927. The summed E-state index contributed by atoms with van der Waals surface area (Å²) < 4.78 is 45.2. The van der Waals surface area contributed by atoms with E-state index in [1.54, 1.807) is 4.90 Å². The van der Waals surface area contributed by atoms with Gasteiger partial charge in [-0.3, -0.25) is 0 Å². The number of carbonyl (C=O) groups is 1. The van der Waals surface area contributed by atoms with Gasteiger partial charge in [0.15, 0.2) is 0 Å². The highest BCUT2D eigenvalue weighted by molar-refractivity contribution is 5.69. The first-order valence-electron chi connectivity index (χ1n) is 7.09. The van der Waals surface area contributed by atoms with Gasteiger partial charge in [0.2, 0.25) is 0 Å². The Kier molecular flexibility index (Phi) is 4.06. The fraction of sp³-hybridized carbons (Fsp3) is 0.400. The second-order valence-electron chi connectivity index (χ2n) is 5.45. The third-order valence-electron chi connectivity index (χ3n) is 3.77. The molecule has 1 unspecified atom stereocenters. The molecule has 0 aromatic heterocycles. The molecule has 0 spiro atoms. The first-order valence-corrected chi connectivity index (χ1v) is 7.09. The van der Waals surface area contributed by atoms with Crippen molar-refractivity contribution in [1.82, 2.24) is 10.2 Å². The summed E-state index contributed by atoms with van der Waals surface area (Å²) in [6, 6.07) is 5.24. The molecule has 0 aliphatic carbocycles. The number of benzene rings is 1. The molecule has 1 aromatic carbocycles. The van der Waals surface area contributed by atoms with Gasteiger partial charge in [0.1, 0.15) is 12.4 Å². The standard InChI is InChI=1S/C15H15F3N2O3/c16-15(17,18)23-13-3-1-10(2-4-13)9-22-14(21)20-7-11-5-19-6-12(11)8-20/h1-5,12,19H,6-9H2. The fourth-order valence-electron chi connectivity index (χ4n) is 2.65. The van der Waals surface area contributed by atoms with E-state index >= 15 is 0 Å². The van der Waals surface area contributed by atoms with Crippen molar-refractivity contribution in [3.63, 3.8) is 0 Å². The highest BCUT2D eigenvalue weighted by atomic mass is 19.4. The van der Waals surface area contributed by atoms with E-state index in [2.05, 4.69) is 10.1 Å². The van der Waals surface area contributed by atoms with Crippen molar-refractivity contribution in [2.75, 3.05) is 19.6 Å². The second kappa shape index (κ2) is 6.02. The van der Waals surface area contributed by atoms with Crippen molar-refractivity contribution in [3.05, 3.63) is 41.6 Å². The van der Waals surface area contributed by atoms with Crippen molar-refractivity contribution >= 4 is 6.09 Å². The van der Waals surface area contributed by atoms with E-state index in [-0.39, 0.29) is 12.4 Å². The molecule has 3 rings (SSSR count). The number of hydrogen-bond acceptors (Lipinski definition) is 4. The topological polar surface area (TPSA) is 50.8 Å². The van der Waals surface area contributed by atoms with Crippen LogP contribution in [0.2, 0.25) is 0 Å². The maximum atomic E-state index is 12.1. The summed E-state index contributed by atoms with van der Waals surface area (Å²) in [5.41, 5.74) is 1.78. The number of hydrogen-bond donors (Lipinski definition) is 1. The Morgan fingerprint density at radius 1 is 1.30 bits per heavy atom. The minimum absolute atomic E-state index is 0.00357. The van der Waals surface area contributed by atoms with Crippen molar-refractivity contribution in [3.8, 4) is 5.75 Å².